The summed E-state index contributed by atoms with van der Waals surface area (Å²) in [6, 6.07) is 3.59. The summed E-state index contributed by atoms with van der Waals surface area (Å²) in [4.78, 5) is 35.2. The number of anilines is 1. The number of nitrogens with one attached hydrogen (secondary N) is 1. The number of carbonyl (C=O) groups excluding carboxylic acids is 2. The highest BCUT2D eigenvalue weighted by Gasteiger charge is 2.19. The number of likely N-dealkylation sites (N-methyl/N-ethyl adjacent to an activating group) is 1. The molecule has 1 N–H and O–H groups in total. The lowest BCUT2D eigenvalue weighted by molar-refractivity contribution is -0.116. The Balaban J connectivity index is 1.97. The Kier molecular flexibility index (Phi) is 5.33. The van der Waals surface area contributed by atoms with Crippen molar-refractivity contribution < 1.29 is 9.59 Å². The molecule has 0 bridgehead atoms. The number of thiazole rings is 1. The van der Waals surface area contributed by atoms with Gasteiger partial charge >= 0.3 is 0 Å². The summed E-state index contributed by atoms with van der Waals surface area (Å²) < 4.78 is 0. The Morgan fingerprint density at radius 2 is 1.92 bits per heavy atom. The molecular weight excluding hydrogens is 324 g/mol. The van der Waals surface area contributed by atoms with Gasteiger partial charge in [0.25, 0.3) is 5.91 Å². The smallest absolute Gasteiger partial charge is 0.255 e. The van der Waals surface area contributed by atoms with Gasteiger partial charge in [0, 0.05) is 35.4 Å². The summed E-state index contributed by atoms with van der Waals surface area (Å²) in [6.45, 7) is 8.06. The van der Waals surface area contributed by atoms with Gasteiger partial charge in [-0.05, 0) is 19.1 Å². The number of pyridine rings is 1. The van der Waals surface area contributed by atoms with Gasteiger partial charge in [-0.15, -0.1) is 11.3 Å². The molecule has 128 valence electrons. The van der Waals surface area contributed by atoms with E-state index in [9.17, 15) is 9.59 Å². The van der Waals surface area contributed by atoms with Crippen LogP contribution >= 0.6 is 11.3 Å². The standard InChI is InChI=1S/C17H22N4O2S/c1-11-8-19-16(24-11)20-14(22)10-21(5)15(23)12-6-7-13(18-9-12)17(2,3)4/h6-9H,10H2,1-5H3,(H,19,20,22). The molecule has 0 radical (unpaired) electrons. The molecule has 6 nitrogen and oxygen atoms in total. The molecule has 0 saturated carbocycles. The van der Waals surface area contributed by atoms with Crippen LogP contribution in [-0.2, 0) is 10.2 Å². The monoisotopic (exact) mass is 346 g/mol. The van der Waals surface area contributed by atoms with E-state index in [1.165, 1.54) is 16.2 Å². The van der Waals surface area contributed by atoms with Crippen LogP contribution in [0.5, 0.6) is 0 Å². The maximum absolute atomic E-state index is 12.4. The number of hydrogen-bond donors (Lipinski definition) is 1. The van der Waals surface area contributed by atoms with Crippen molar-refractivity contribution in [1.29, 1.82) is 0 Å². The number of carbonyl (C=O) groups is 2. The van der Waals surface area contributed by atoms with Crippen molar-refractivity contribution in [1.82, 2.24) is 14.9 Å². The highest BCUT2D eigenvalue weighted by molar-refractivity contribution is 7.15. The van der Waals surface area contributed by atoms with Crippen molar-refractivity contribution in [2.75, 3.05) is 18.9 Å². The summed E-state index contributed by atoms with van der Waals surface area (Å²) in [5.74, 6) is -0.520. The molecule has 2 aromatic heterocycles. The van der Waals surface area contributed by atoms with Gasteiger partial charge in [0.1, 0.15) is 0 Å². The number of aromatic nitrogens is 2. The molecule has 2 amide bonds. The van der Waals surface area contributed by atoms with Crippen molar-refractivity contribution in [3.63, 3.8) is 0 Å². The molecule has 0 saturated heterocycles. The van der Waals surface area contributed by atoms with E-state index in [1.807, 2.05) is 13.0 Å². The molecule has 2 heterocycles. The van der Waals surface area contributed by atoms with Crippen molar-refractivity contribution in [2.24, 2.45) is 0 Å². The Labute approximate surface area is 145 Å². The molecule has 0 fully saturated rings. The SMILES string of the molecule is Cc1cnc(NC(=O)CN(C)C(=O)c2ccc(C(C)(C)C)nc2)s1. The zero-order chi connectivity index (χ0) is 17.9. The molecule has 0 unspecified atom stereocenters. The lowest BCUT2D eigenvalue weighted by atomic mass is 9.91. The lowest BCUT2D eigenvalue weighted by Gasteiger charge is -2.19. The van der Waals surface area contributed by atoms with E-state index >= 15 is 0 Å². The number of nitrogens with zero attached hydrogens (tertiary/aromatic N) is 3. The fourth-order valence-corrected chi connectivity index (χ4v) is 2.72. The van der Waals surface area contributed by atoms with E-state index in [1.54, 1.807) is 25.5 Å². The van der Waals surface area contributed by atoms with Crippen molar-refractivity contribution >= 4 is 28.3 Å². The largest absolute Gasteiger partial charge is 0.332 e. The first-order chi connectivity index (χ1) is 11.2. The van der Waals surface area contributed by atoms with Gasteiger partial charge in [-0.25, -0.2) is 4.98 Å². The molecular formula is C17H22N4O2S. The summed E-state index contributed by atoms with van der Waals surface area (Å²) in [7, 11) is 1.59. The molecule has 0 aliphatic carbocycles. The minimum atomic E-state index is -0.278. The van der Waals surface area contributed by atoms with Crippen LogP contribution in [0.4, 0.5) is 5.13 Å². The summed E-state index contributed by atoms with van der Waals surface area (Å²) in [5.41, 5.74) is 1.31. The highest BCUT2D eigenvalue weighted by atomic mass is 32.1. The minimum absolute atomic E-state index is 0.0432. The van der Waals surface area contributed by atoms with Gasteiger partial charge in [-0.3, -0.25) is 14.6 Å². The predicted molar refractivity (Wildman–Crippen MR) is 95.4 cm³/mol. The van der Waals surface area contributed by atoms with Gasteiger partial charge in [-0.1, -0.05) is 20.8 Å². The second-order valence-electron chi connectivity index (χ2n) is 6.67. The van der Waals surface area contributed by atoms with Crippen LogP contribution in [0.25, 0.3) is 0 Å². The van der Waals surface area contributed by atoms with Crippen molar-refractivity contribution in [2.45, 2.75) is 33.1 Å². The van der Waals surface area contributed by atoms with Crippen LogP contribution in [-0.4, -0.2) is 40.3 Å². The van der Waals surface area contributed by atoms with E-state index in [2.05, 4.69) is 36.1 Å². The first kappa shape index (κ1) is 18.1. The topological polar surface area (TPSA) is 75.2 Å². The number of aryl methyl sites for hydroxylation is 1. The van der Waals surface area contributed by atoms with Crippen LogP contribution in [0.3, 0.4) is 0 Å². The molecule has 0 aliphatic heterocycles. The number of hydrogen-bond acceptors (Lipinski definition) is 5. The average molecular weight is 346 g/mol. The zero-order valence-electron chi connectivity index (χ0n) is 14.6. The molecule has 0 atom stereocenters. The first-order valence-electron chi connectivity index (χ1n) is 7.61. The third kappa shape index (κ3) is 4.61. The third-order valence-corrected chi connectivity index (χ3v) is 4.20. The molecule has 7 heteroatoms. The first-order valence-corrected chi connectivity index (χ1v) is 8.43. The van der Waals surface area contributed by atoms with Gasteiger partial charge in [-0.2, -0.15) is 0 Å². The summed E-state index contributed by atoms with van der Waals surface area (Å²) in [5, 5.41) is 3.22. The molecule has 0 spiro atoms. The van der Waals surface area contributed by atoms with Gasteiger partial charge < -0.3 is 10.2 Å². The maximum Gasteiger partial charge on any atom is 0.255 e. The molecule has 24 heavy (non-hydrogen) atoms. The van der Waals surface area contributed by atoms with Crippen LogP contribution < -0.4 is 5.32 Å². The Hall–Kier alpha value is -2.28. The van der Waals surface area contributed by atoms with Crippen molar-refractivity contribution in [3.05, 3.63) is 40.7 Å². The molecule has 0 aromatic carbocycles. The number of amides is 2. The van der Waals surface area contributed by atoms with Crippen LogP contribution in [0.15, 0.2) is 24.5 Å². The van der Waals surface area contributed by atoms with E-state index in [0.717, 1.165) is 10.6 Å². The summed E-state index contributed by atoms with van der Waals surface area (Å²) in [6.07, 6.45) is 3.25. The predicted octanol–water partition coefficient (Wildman–Crippen LogP) is 2.85. The second kappa shape index (κ2) is 7.09. The fraction of sp³-hybridized carbons (Fsp3) is 0.412. The van der Waals surface area contributed by atoms with E-state index < -0.39 is 0 Å². The summed E-state index contributed by atoms with van der Waals surface area (Å²) >= 11 is 1.40. The van der Waals surface area contributed by atoms with E-state index in [-0.39, 0.29) is 23.8 Å². The average Bonchev–Trinajstić information content (AvgIpc) is 2.90. The quantitative estimate of drug-likeness (QED) is 0.924. The Morgan fingerprint density at radius 1 is 1.21 bits per heavy atom. The van der Waals surface area contributed by atoms with Crippen LogP contribution in [0.2, 0.25) is 0 Å². The van der Waals surface area contributed by atoms with Crippen molar-refractivity contribution in [3.8, 4) is 0 Å². The Morgan fingerprint density at radius 3 is 2.42 bits per heavy atom. The van der Waals surface area contributed by atoms with Crippen LogP contribution in [0, 0.1) is 6.92 Å². The second-order valence-corrected chi connectivity index (χ2v) is 7.90. The lowest BCUT2D eigenvalue weighted by Crippen LogP contribution is -2.35. The van der Waals surface area contributed by atoms with E-state index in [0.29, 0.717) is 10.7 Å². The van der Waals surface area contributed by atoms with Crippen LogP contribution in [0.1, 0.15) is 41.7 Å². The number of rotatable bonds is 4. The highest BCUT2D eigenvalue weighted by Crippen LogP contribution is 2.20. The normalized spacial score (nSPS) is 11.2. The fourth-order valence-electron chi connectivity index (χ4n) is 2.04. The molecule has 2 aromatic rings. The van der Waals surface area contributed by atoms with E-state index in [4.69, 9.17) is 0 Å². The van der Waals surface area contributed by atoms with Gasteiger partial charge in [0.15, 0.2) is 5.13 Å². The minimum Gasteiger partial charge on any atom is -0.332 e. The Bertz CT molecular complexity index is 732. The third-order valence-electron chi connectivity index (χ3n) is 3.37. The maximum atomic E-state index is 12.4. The molecule has 2 rings (SSSR count). The van der Waals surface area contributed by atoms with Gasteiger partial charge in [0.2, 0.25) is 5.91 Å². The molecule has 0 aliphatic rings. The van der Waals surface area contributed by atoms with Gasteiger partial charge in [0.05, 0.1) is 12.1 Å². The zero-order valence-corrected chi connectivity index (χ0v) is 15.4.